The molecule has 0 radical (unpaired) electrons. The summed E-state index contributed by atoms with van der Waals surface area (Å²) in [7, 11) is 5.97. The highest BCUT2D eigenvalue weighted by molar-refractivity contribution is 6.35. The molecule has 2 fully saturated rings. The molecule has 2 saturated heterocycles. The molecule has 3 heterocycles. The number of allylic oxidation sites excluding steroid dienone is 3. The highest BCUT2D eigenvalue weighted by Crippen LogP contribution is 2.49. The summed E-state index contributed by atoms with van der Waals surface area (Å²) in [6.45, 7) is 8.29. The molecule has 8 atom stereocenters. The smallest absolute Gasteiger partial charge is 0.409 e. The number of likely N-dealkylation sites (N-methyl/N-ethyl adjacent to an activating group) is 1. The van der Waals surface area contributed by atoms with Crippen molar-refractivity contribution >= 4 is 41.2 Å². The van der Waals surface area contributed by atoms with Crippen LogP contribution in [0.1, 0.15) is 53.0 Å². The molecule has 3 amide bonds. The van der Waals surface area contributed by atoms with Crippen LogP contribution in [0.4, 0.5) is 10.5 Å². The van der Waals surface area contributed by atoms with Gasteiger partial charge in [-0.25, -0.2) is 9.59 Å². The summed E-state index contributed by atoms with van der Waals surface area (Å²) in [6.07, 6.45) is 1.02. The van der Waals surface area contributed by atoms with Crippen LogP contribution in [0.3, 0.4) is 0 Å². The van der Waals surface area contributed by atoms with Crippen LogP contribution in [-0.2, 0) is 39.8 Å². The summed E-state index contributed by atoms with van der Waals surface area (Å²) in [5, 5.41) is 14.4. The van der Waals surface area contributed by atoms with Crippen molar-refractivity contribution in [3.8, 4) is 5.75 Å². The lowest BCUT2D eigenvalue weighted by Crippen LogP contribution is -2.63. The van der Waals surface area contributed by atoms with Gasteiger partial charge in [0.2, 0.25) is 11.8 Å². The number of amides is 3. The van der Waals surface area contributed by atoms with Gasteiger partial charge in [0.1, 0.15) is 40.7 Å². The van der Waals surface area contributed by atoms with Gasteiger partial charge in [-0.3, -0.25) is 14.9 Å². The molecule has 0 aromatic heterocycles. The van der Waals surface area contributed by atoms with E-state index in [1.54, 1.807) is 45.2 Å². The van der Waals surface area contributed by atoms with Crippen LogP contribution in [-0.4, -0.2) is 104 Å². The number of fused-ring (bicyclic) bond motifs is 5. The zero-order valence-corrected chi connectivity index (χ0v) is 29.6. The van der Waals surface area contributed by atoms with Crippen molar-refractivity contribution in [2.24, 2.45) is 5.92 Å². The Bertz CT molecular complexity index is 1500. The molecule has 1 aromatic rings. The number of epoxide rings is 1. The zero-order valence-electron chi connectivity index (χ0n) is 28.9. The van der Waals surface area contributed by atoms with E-state index in [1.807, 2.05) is 13.0 Å². The Kier molecular flexibility index (Phi) is 11.2. The van der Waals surface area contributed by atoms with Crippen molar-refractivity contribution in [2.45, 2.75) is 95.7 Å². The van der Waals surface area contributed by atoms with Crippen LogP contribution in [0.15, 0.2) is 35.9 Å². The molecule has 264 valence electrons. The molecule has 13 nitrogen and oxygen atoms in total. The van der Waals surface area contributed by atoms with Gasteiger partial charge in [0, 0.05) is 40.5 Å². The van der Waals surface area contributed by atoms with Crippen molar-refractivity contribution in [3.63, 3.8) is 0 Å². The Hall–Kier alpha value is -3.65. The molecular formula is C34H46ClN3O10. The van der Waals surface area contributed by atoms with Crippen LogP contribution in [0.2, 0.25) is 5.02 Å². The maximum absolute atomic E-state index is 14.0. The topological polar surface area (TPSA) is 156 Å². The highest BCUT2D eigenvalue weighted by Gasteiger charge is 2.64. The number of anilines is 1. The zero-order chi connectivity index (χ0) is 35.7. The number of aliphatic hydroxyl groups is 1. The predicted molar refractivity (Wildman–Crippen MR) is 177 cm³/mol. The number of esters is 1. The minimum atomic E-state index is -1.81. The van der Waals surface area contributed by atoms with E-state index in [4.69, 9.17) is 35.3 Å². The van der Waals surface area contributed by atoms with Crippen molar-refractivity contribution in [1.82, 2.24) is 10.2 Å². The molecule has 3 aliphatic heterocycles. The van der Waals surface area contributed by atoms with E-state index in [0.717, 1.165) is 11.1 Å². The molecule has 48 heavy (non-hydrogen) atoms. The first-order valence-electron chi connectivity index (χ1n) is 15.8. The van der Waals surface area contributed by atoms with Crippen LogP contribution in [0.25, 0.3) is 0 Å². The Morgan fingerprint density at radius 1 is 1.25 bits per heavy atom. The molecule has 0 unspecified atom stereocenters. The maximum atomic E-state index is 14.0. The van der Waals surface area contributed by atoms with Crippen LogP contribution < -0.4 is 15.0 Å². The van der Waals surface area contributed by atoms with E-state index < -0.39 is 65.7 Å². The van der Waals surface area contributed by atoms with Gasteiger partial charge in [-0.1, -0.05) is 42.3 Å². The summed E-state index contributed by atoms with van der Waals surface area (Å²) in [5.74, 6) is -1.63. The van der Waals surface area contributed by atoms with Crippen molar-refractivity contribution in [3.05, 3.63) is 46.5 Å². The molecule has 0 spiro atoms. The minimum absolute atomic E-state index is 0.0436. The molecule has 0 saturated carbocycles. The van der Waals surface area contributed by atoms with Gasteiger partial charge in [-0.15, -0.1) is 0 Å². The summed E-state index contributed by atoms with van der Waals surface area (Å²) in [5.41, 5.74) is -0.871. The van der Waals surface area contributed by atoms with E-state index in [2.05, 4.69) is 5.32 Å². The second-order valence-electron chi connectivity index (χ2n) is 13.0. The fourth-order valence-electron chi connectivity index (χ4n) is 6.27. The number of nitrogens with one attached hydrogen (secondary N) is 1. The largest absolute Gasteiger partial charge is 0.495 e. The van der Waals surface area contributed by atoms with Crippen molar-refractivity contribution in [1.29, 1.82) is 0 Å². The average molecular weight is 692 g/mol. The fraction of sp³-hybridized carbons (Fsp3) is 0.588. The number of methoxy groups -OCH3 is 2. The highest BCUT2D eigenvalue weighted by atomic mass is 35.5. The third kappa shape index (κ3) is 7.64. The number of carbonyl (C=O) groups is 4. The number of ether oxygens (including phenoxy) is 5. The Labute approximate surface area is 286 Å². The first-order valence-corrected chi connectivity index (χ1v) is 16.2. The predicted octanol–water partition coefficient (Wildman–Crippen LogP) is 3.53. The number of hydrogen-bond donors (Lipinski definition) is 2. The molecule has 3 aliphatic rings. The second-order valence-corrected chi connectivity index (χ2v) is 13.4. The van der Waals surface area contributed by atoms with Crippen LogP contribution in [0, 0.1) is 5.92 Å². The fourth-order valence-corrected chi connectivity index (χ4v) is 6.59. The van der Waals surface area contributed by atoms with Gasteiger partial charge in [0.05, 0.1) is 25.3 Å². The summed E-state index contributed by atoms with van der Waals surface area (Å²) < 4.78 is 28.9. The Morgan fingerprint density at radius 2 is 1.94 bits per heavy atom. The lowest BCUT2D eigenvalue weighted by Gasteiger charge is -2.42. The SMILES string of the molecule is COc1cc2cc(c1Cl)N(C)C(=O)C[C@H](OC(=O)[C@H](C)N(C)C(C)=O)[C@]1(C)O[C@@H]1[C@H](C)[C@@H]1C[C@@](O)(NC(=O)O1)[C@H](OC)C=CC=C(C)C2. The van der Waals surface area contributed by atoms with Gasteiger partial charge in [0.25, 0.3) is 0 Å². The third-order valence-electron chi connectivity index (χ3n) is 9.63. The molecule has 14 heteroatoms. The third-order valence-corrected chi connectivity index (χ3v) is 10.0. The van der Waals surface area contributed by atoms with Gasteiger partial charge in [-0.05, 0) is 44.9 Å². The van der Waals surface area contributed by atoms with Crippen molar-refractivity contribution < 1.29 is 48.0 Å². The standard InChI is InChI=1S/C34H46ClN3O10/c1-18-11-10-12-26(45-9)34(43)17-25(46-32(42)36-34)19(2)30-33(5,48-30)27(47-31(41)20(3)37(6)21(4)39)16-28(40)38(7)23-14-22(13-18)15-24(44-8)29(23)35/h10-12,14-15,19-20,25-27,30,43H,13,16-17H2,1-9H3,(H,36,42)/t19-,20+,25+,26-,27+,30-,33+,34+/m1/s1. The lowest BCUT2D eigenvalue weighted by atomic mass is 9.83. The van der Waals surface area contributed by atoms with Gasteiger partial charge in [0.15, 0.2) is 5.72 Å². The maximum Gasteiger partial charge on any atom is 0.409 e. The summed E-state index contributed by atoms with van der Waals surface area (Å²) in [6, 6.07) is 2.63. The number of benzene rings is 1. The van der Waals surface area contributed by atoms with E-state index in [0.29, 0.717) is 17.9 Å². The van der Waals surface area contributed by atoms with Crippen LogP contribution >= 0.6 is 11.6 Å². The molecule has 4 bridgehead atoms. The number of rotatable bonds is 5. The van der Waals surface area contributed by atoms with E-state index >= 15 is 0 Å². The molecule has 4 rings (SSSR count). The molecule has 2 N–H and O–H groups in total. The average Bonchev–Trinajstić information content (AvgIpc) is 3.73. The Morgan fingerprint density at radius 3 is 2.56 bits per heavy atom. The monoisotopic (exact) mass is 691 g/mol. The summed E-state index contributed by atoms with van der Waals surface area (Å²) >= 11 is 6.71. The van der Waals surface area contributed by atoms with E-state index in [-0.39, 0.29) is 23.8 Å². The number of nitrogens with zero attached hydrogens (tertiary/aromatic N) is 2. The first-order chi connectivity index (χ1) is 22.4. The second kappa shape index (κ2) is 14.5. The first kappa shape index (κ1) is 37.2. The summed E-state index contributed by atoms with van der Waals surface area (Å²) in [4.78, 5) is 54.7. The number of halogens is 1. The molecule has 1 aromatic carbocycles. The molecular weight excluding hydrogens is 646 g/mol. The number of carbonyl (C=O) groups excluding carboxylic acids is 4. The van der Waals surface area contributed by atoms with Gasteiger partial charge >= 0.3 is 12.1 Å². The normalized spacial score (nSPS) is 31.4. The number of hydrogen-bond acceptors (Lipinski definition) is 10. The molecule has 0 aliphatic carbocycles. The minimum Gasteiger partial charge on any atom is -0.495 e. The van der Waals surface area contributed by atoms with Gasteiger partial charge in [-0.2, -0.15) is 0 Å². The van der Waals surface area contributed by atoms with E-state index in [1.165, 1.54) is 44.9 Å². The number of alkyl carbamates (subject to hydrolysis) is 1. The lowest BCUT2D eigenvalue weighted by molar-refractivity contribution is -0.161. The van der Waals surface area contributed by atoms with Crippen molar-refractivity contribution in [2.75, 3.05) is 33.2 Å². The van der Waals surface area contributed by atoms with E-state index in [9.17, 15) is 24.3 Å². The Balaban J connectivity index is 1.80. The van der Waals surface area contributed by atoms with Gasteiger partial charge < -0.3 is 38.6 Å². The van der Waals surface area contributed by atoms with Crippen LogP contribution in [0.5, 0.6) is 5.75 Å². The quantitative estimate of drug-likeness (QED) is 0.346.